The second-order valence-corrected chi connectivity index (χ2v) is 7.16. The molecule has 146 valence electrons. The molecule has 0 unspecified atom stereocenters. The average molecular weight is 370 g/mol. The van der Waals surface area contributed by atoms with Crippen molar-refractivity contribution in [1.82, 2.24) is 0 Å². The van der Waals surface area contributed by atoms with E-state index in [-0.39, 0.29) is 11.4 Å². The van der Waals surface area contributed by atoms with Gasteiger partial charge in [0.25, 0.3) is 0 Å². The molecule has 4 heteroatoms. The zero-order valence-corrected chi connectivity index (χ0v) is 16.8. The van der Waals surface area contributed by atoms with Crippen LogP contribution in [0.5, 0.6) is 5.75 Å². The Labute approximate surface area is 162 Å². The van der Waals surface area contributed by atoms with Crippen LogP contribution in [0.25, 0.3) is 0 Å². The van der Waals surface area contributed by atoms with Gasteiger partial charge < -0.3 is 14.2 Å². The molecule has 0 radical (unpaired) electrons. The van der Waals surface area contributed by atoms with Crippen LogP contribution in [0, 0.1) is 6.92 Å². The van der Waals surface area contributed by atoms with Crippen molar-refractivity contribution in [1.29, 1.82) is 0 Å². The summed E-state index contributed by atoms with van der Waals surface area (Å²) >= 11 is 0. The molecule has 0 fully saturated rings. The largest absolute Gasteiger partial charge is 0.496 e. The van der Waals surface area contributed by atoms with Crippen LogP contribution >= 0.6 is 0 Å². The quantitative estimate of drug-likeness (QED) is 0.444. The van der Waals surface area contributed by atoms with E-state index in [1.807, 2.05) is 37.3 Å². The zero-order chi connectivity index (χ0) is 19.7. The first kappa shape index (κ1) is 21.0. The van der Waals surface area contributed by atoms with E-state index in [0.29, 0.717) is 19.6 Å². The van der Waals surface area contributed by atoms with E-state index in [2.05, 4.69) is 25.1 Å². The van der Waals surface area contributed by atoms with Gasteiger partial charge in [-0.3, -0.25) is 4.79 Å². The molecule has 0 aromatic heterocycles. The van der Waals surface area contributed by atoms with E-state index in [0.717, 1.165) is 35.3 Å². The normalized spacial score (nSPS) is 13.0. The molecule has 2 aromatic carbocycles. The third-order valence-corrected chi connectivity index (χ3v) is 4.90. The van der Waals surface area contributed by atoms with Crippen molar-refractivity contribution >= 4 is 5.97 Å². The number of carbonyl (C=O) groups is 1. The highest BCUT2D eigenvalue weighted by Gasteiger charge is 2.32. The van der Waals surface area contributed by atoms with Crippen LogP contribution < -0.4 is 4.74 Å². The van der Waals surface area contributed by atoms with Gasteiger partial charge in [-0.15, -0.1) is 0 Å². The summed E-state index contributed by atoms with van der Waals surface area (Å²) in [6, 6.07) is 16.2. The lowest BCUT2D eigenvalue weighted by molar-refractivity contribution is -0.142. The molecule has 27 heavy (non-hydrogen) atoms. The van der Waals surface area contributed by atoms with E-state index in [9.17, 15) is 4.79 Å². The van der Waals surface area contributed by atoms with Gasteiger partial charge in [0.15, 0.2) is 0 Å². The second-order valence-electron chi connectivity index (χ2n) is 7.16. The van der Waals surface area contributed by atoms with Crippen molar-refractivity contribution in [2.75, 3.05) is 20.8 Å². The summed E-state index contributed by atoms with van der Waals surface area (Å²) in [7, 11) is 3.09. The van der Waals surface area contributed by atoms with Gasteiger partial charge in [0.05, 0.1) is 27.2 Å². The van der Waals surface area contributed by atoms with Crippen LogP contribution in [-0.2, 0) is 26.3 Å². The fraction of sp³-hybridized carbons (Fsp3) is 0.435. The van der Waals surface area contributed by atoms with E-state index < -0.39 is 0 Å². The fourth-order valence-electron chi connectivity index (χ4n) is 3.33. The van der Waals surface area contributed by atoms with Gasteiger partial charge in [-0.1, -0.05) is 55.0 Å². The predicted molar refractivity (Wildman–Crippen MR) is 107 cm³/mol. The van der Waals surface area contributed by atoms with Crippen LogP contribution in [0.2, 0.25) is 0 Å². The standard InChI is InChI=1S/C23H30O4/c1-18-11-12-21(25-3)20(15-18)23(2,16-22(24)26-4)13-8-14-27-17-19-9-6-5-7-10-19/h5-7,9-12,15H,8,13-14,16-17H2,1-4H3/t23-/m0/s1. The summed E-state index contributed by atoms with van der Waals surface area (Å²) in [6.45, 7) is 5.38. The Balaban J connectivity index is 2.05. The van der Waals surface area contributed by atoms with Crippen molar-refractivity contribution < 1.29 is 19.0 Å². The average Bonchev–Trinajstić information content (AvgIpc) is 2.68. The van der Waals surface area contributed by atoms with Crippen molar-refractivity contribution in [2.24, 2.45) is 0 Å². The van der Waals surface area contributed by atoms with Crippen LogP contribution in [0.4, 0.5) is 0 Å². The predicted octanol–water partition coefficient (Wildman–Crippen LogP) is 4.82. The van der Waals surface area contributed by atoms with Crippen molar-refractivity contribution in [3.8, 4) is 5.75 Å². The number of methoxy groups -OCH3 is 2. The Morgan fingerprint density at radius 2 is 1.81 bits per heavy atom. The van der Waals surface area contributed by atoms with Crippen LogP contribution in [0.1, 0.15) is 42.9 Å². The summed E-state index contributed by atoms with van der Waals surface area (Å²) < 4.78 is 16.3. The van der Waals surface area contributed by atoms with Gasteiger partial charge in [0.1, 0.15) is 5.75 Å². The number of ether oxygens (including phenoxy) is 3. The Kier molecular flexibility index (Phi) is 7.86. The molecule has 0 saturated heterocycles. The van der Waals surface area contributed by atoms with Crippen molar-refractivity contribution in [3.63, 3.8) is 0 Å². The lowest BCUT2D eigenvalue weighted by atomic mass is 9.75. The molecular formula is C23H30O4. The minimum Gasteiger partial charge on any atom is -0.496 e. The van der Waals surface area contributed by atoms with Crippen LogP contribution in [0.3, 0.4) is 0 Å². The monoisotopic (exact) mass is 370 g/mol. The summed E-state index contributed by atoms with van der Waals surface area (Å²) in [6.07, 6.45) is 1.95. The highest BCUT2D eigenvalue weighted by atomic mass is 16.5. The summed E-state index contributed by atoms with van der Waals surface area (Å²) in [5, 5.41) is 0. The molecule has 0 spiro atoms. The molecule has 1 atom stereocenters. The number of esters is 1. The first-order valence-corrected chi connectivity index (χ1v) is 9.32. The van der Waals surface area contributed by atoms with E-state index in [1.165, 1.54) is 7.11 Å². The Bertz CT molecular complexity index is 726. The molecule has 2 rings (SSSR count). The maximum atomic E-state index is 12.1. The molecular weight excluding hydrogens is 340 g/mol. The molecule has 0 heterocycles. The summed E-state index contributed by atoms with van der Waals surface area (Å²) in [4.78, 5) is 12.1. The molecule has 0 saturated carbocycles. The number of benzene rings is 2. The Morgan fingerprint density at radius 1 is 1.07 bits per heavy atom. The van der Waals surface area contributed by atoms with E-state index in [1.54, 1.807) is 7.11 Å². The minimum absolute atomic E-state index is 0.216. The smallest absolute Gasteiger partial charge is 0.306 e. The van der Waals surface area contributed by atoms with Crippen LogP contribution in [0.15, 0.2) is 48.5 Å². The maximum Gasteiger partial charge on any atom is 0.306 e. The Hall–Kier alpha value is -2.33. The van der Waals surface area contributed by atoms with Gasteiger partial charge in [-0.2, -0.15) is 0 Å². The lowest BCUT2D eigenvalue weighted by Crippen LogP contribution is -2.28. The molecule has 0 aliphatic rings. The van der Waals surface area contributed by atoms with Gasteiger partial charge in [0.2, 0.25) is 0 Å². The minimum atomic E-state index is -0.374. The molecule has 2 aromatic rings. The van der Waals surface area contributed by atoms with Crippen LogP contribution in [-0.4, -0.2) is 26.8 Å². The number of aryl methyl sites for hydroxylation is 1. The van der Waals surface area contributed by atoms with E-state index in [4.69, 9.17) is 14.2 Å². The fourth-order valence-corrected chi connectivity index (χ4v) is 3.33. The molecule has 0 aliphatic carbocycles. The topological polar surface area (TPSA) is 44.8 Å². The molecule has 4 nitrogen and oxygen atoms in total. The number of carbonyl (C=O) groups excluding carboxylic acids is 1. The molecule has 0 aliphatic heterocycles. The van der Waals surface area contributed by atoms with Crippen molar-refractivity contribution in [3.05, 3.63) is 65.2 Å². The van der Waals surface area contributed by atoms with E-state index >= 15 is 0 Å². The maximum absolute atomic E-state index is 12.1. The number of rotatable bonds is 10. The first-order valence-electron chi connectivity index (χ1n) is 9.32. The lowest BCUT2D eigenvalue weighted by Gasteiger charge is -2.31. The highest BCUT2D eigenvalue weighted by molar-refractivity contribution is 5.71. The van der Waals surface area contributed by atoms with Gasteiger partial charge in [-0.25, -0.2) is 0 Å². The third-order valence-electron chi connectivity index (χ3n) is 4.90. The molecule has 0 bridgehead atoms. The second kappa shape index (κ2) is 10.1. The van der Waals surface area contributed by atoms with Gasteiger partial charge in [-0.05, 0) is 31.4 Å². The number of hydrogen-bond donors (Lipinski definition) is 0. The SMILES string of the molecule is COC(=O)C[C@](C)(CCCOCc1ccccc1)c1cc(C)ccc1OC. The summed E-state index contributed by atoms with van der Waals surface area (Å²) in [5.41, 5.74) is 2.97. The number of hydrogen-bond acceptors (Lipinski definition) is 4. The molecule has 0 amide bonds. The zero-order valence-electron chi connectivity index (χ0n) is 16.8. The first-order chi connectivity index (χ1) is 13.0. The highest BCUT2D eigenvalue weighted by Crippen LogP contribution is 2.39. The Morgan fingerprint density at radius 3 is 2.48 bits per heavy atom. The molecule has 0 N–H and O–H groups in total. The summed E-state index contributed by atoms with van der Waals surface area (Å²) in [5.74, 6) is 0.587. The van der Waals surface area contributed by atoms with Gasteiger partial charge >= 0.3 is 5.97 Å². The van der Waals surface area contributed by atoms with Crippen molar-refractivity contribution in [2.45, 2.75) is 45.1 Å². The third kappa shape index (κ3) is 6.10. The van der Waals surface area contributed by atoms with Gasteiger partial charge in [0, 0.05) is 17.6 Å².